The average Bonchev–Trinajstić information content (AvgIpc) is 2.71. The number of hydrogen-bond donors (Lipinski definition) is 4. The van der Waals surface area contributed by atoms with Crippen molar-refractivity contribution in [2.24, 2.45) is 4.99 Å². The standard InChI is InChI=1S/C20H26N4O2.HI/c1-21-19(26)17-10-8-15(9-11-17)12-23-20(22-2)24-13-18(14-25)16-6-4-3-5-7-16;/h3-11,18,25H,12-14H2,1-2H3,(H,21,26)(H2,22,23,24);1H. The highest BCUT2D eigenvalue weighted by atomic mass is 127. The zero-order valence-electron chi connectivity index (χ0n) is 15.6. The molecule has 0 aliphatic rings. The molecule has 0 fully saturated rings. The topological polar surface area (TPSA) is 85.8 Å². The molecule has 0 saturated heterocycles. The molecule has 4 N–H and O–H groups in total. The van der Waals surface area contributed by atoms with Crippen LogP contribution in [0.25, 0.3) is 0 Å². The number of halogens is 1. The van der Waals surface area contributed by atoms with E-state index in [1.807, 2.05) is 42.5 Å². The number of aliphatic hydroxyl groups excluding tert-OH is 1. The summed E-state index contributed by atoms with van der Waals surface area (Å²) in [6.45, 7) is 1.23. The van der Waals surface area contributed by atoms with Gasteiger partial charge in [0.25, 0.3) is 5.91 Å². The van der Waals surface area contributed by atoms with Gasteiger partial charge in [0.2, 0.25) is 0 Å². The van der Waals surface area contributed by atoms with Crippen LogP contribution in [0.1, 0.15) is 27.4 Å². The molecule has 27 heavy (non-hydrogen) atoms. The first-order chi connectivity index (χ1) is 12.7. The molecule has 0 spiro atoms. The Morgan fingerprint density at radius 2 is 1.74 bits per heavy atom. The second kappa shape index (κ2) is 12.3. The van der Waals surface area contributed by atoms with Gasteiger partial charge in [0, 0.05) is 38.7 Å². The van der Waals surface area contributed by atoms with Crippen LogP contribution in [-0.4, -0.2) is 44.2 Å². The van der Waals surface area contributed by atoms with E-state index in [4.69, 9.17) is 0 Å². The highest BCUT2D eigenvalue weighted by Gasteiger charge is 2.11. The highest BCUT2D eigenvalue weighted by molar-refractivity contribution is 14.0. The molecule has 2 rings (SSSR count). The van der Waals surface area contributed by atoms with E-state index in [2.05, 4.69) is 20.9 Å². The Balaban J connectivity index is 0.00000364. The Hall–Kier alpha value is -2.13. The SMILES string of the molecule is CN=C(NCc1ccc(C(=O)NC)cc1)NCC(CO)c1ccccc1.I. The van der Waals surface area contributed by atoms with Gasteiger partial charge in [-0.15, -0.1) is 24.0 Å². The predicted octanol–water partition coefficient (Wildman–Crippen LogP) is 2.11. The Bertz CT molecular complexity index is 721. The van der Waals surface area contributed by atoms with E-state index in [1.54, 1.807) is 26.2 Å². The number of carbonyl (C=O) groups excluding carboxylic acids is 1. The number of benzene rings is 2. The lowest BCUT2D eigenvalue weighted by Crippen LogP contribution is -2.39. The maximum absolute atomic E-state index is 11.6. The number of guanidine groups is 1. The molecule has 1 atom stereocenters. The summed E-state index contributed by atoms with van der Waals surface area (Å²) in [5.74, 6) is 0.564. The molecule has 0 aromatic heterocycles. The van der Waals surface area contributed by atoms with Crippen molar-refractivity contribution in [2.75, 3.05) is 27.2 Å². The average molecular weight is 482 g/mol. The summed E-state index contributed by atoms with van der Waals surface area (Å²) in [6, 6.07) is 17.3. The number of hydrogen-bond acceptors (Lipinski definition) is 3. The third-order valence-corrected chi connectivity index (χ3v) is 4.13. The summed E-state index contributed by atoms with van der Waals surface area (Å²) in [4.78, 5) is 15.8. The van der Waals surface area contributed by atoms with E-state index in [9.17, 15) is 9.90 Å². The predicted molar refractivity (Wildman–Crippen MR) is 120 cm³/mol. The van der Waals surface area contributed by atoms with Crippen LogP contribution in [0.2, 0.25) is 0 Å². The third kappa shape index (κ3) is 7.18. The minimum absolute atomic E-state index is 0. The van der Waals surface area contributed by atoms with Gasteiger partial charge in [-0.25, -0.2) is 0 Å². The van der Waals surface area contributed by atoms with Gasteiger partial charge < -0.3 is 21.1 Å². The normalized spacial score (nSPS) is 11.9. The number of aliphatic hydroxyl groups is 1. The van der Waals surface area contributed by atoms with Crippen LogP contribution in [0.4, 0.5) is 0 Å². The molecule has 6 nitrogen and oxygen atoms in total. The van der Waals surface area contributed by atoms with E-state index >= 15 is 0 Å². The van der Waals surface area contributed by atoms with Crippen molar-refractivity contribution in [1.82, 2.24) is 16.0 Å². The van der Waals surface area contributed by atoms with Gasteiger partial charge in [0.15, 0.2) is 5.96 Å². The molecule has 2 aromatic carbocycles. The summed E-state index contributed by atoms with van der Waals surface area (Å²) in [7, 11) is 3.32. The van der Waals surface area contributed by atoms with Gasteiger partial charge in [-0.1, -0.05) is 42.5 Å². The van der Waals surface area contributed by atoms with Gasteiger partial charge >= 0.3 is 0 Å². The number of nitrogens with one attached hydrogen (secondary N) is 3. The smallest absolute Gasteiger partial charge is 0.251 e. The molecule has 0 aliphatic heterocycles. The van der Waals surface area contributed by atoms with Crippen LogP contribution in [0.3, 0.4) is 0 Å². The summed E-state index contributed by atoms with van der Waals surface area (Å²) < 4.78 is 0. The van der Waals surface area contributed by atoms with E-state index in [1.165, 1.54) is 0 Å². The zero-order valence-corrected chi connectivity index (χ0v) is 17.9. The minimum Gasteiger partial charge on any atom is -0.396 e. The van der Waals surface area contributed by atoms with Crippen LogP contribution in [-0.2, 0) is 6.54 Å². The quantitative estimate of drug-likeness (QED) is 0.277. The lowest BCUT2D eigenvalue weighted by Gasteiger charge is -2.18. The molecular weight excluding hydrogens is 455 g/mol. The summed E-state index contributed by atoms with van der Waals surface area (Å²) in [5, 5.41) is 18.7. The van der Waals surface area contributed by atoms with Gasteiger partial charge in [-0.05, 0) is 23.3 Å². The lowest BCUT2D eigenvalue weighted by atomic mass is 10.0. The maximum atomic E-state index is 11.6. The second-order valence-corrected chi connectivity index (χ2v) is 5.87. The molecule has 146 valence electrons. The molecule has 0 radical (unpaired) electrons. The first-order valence-corrected chi connectivity index (χ1v) is 8.59. The number of amides is 1. The molecule has 0 aliphatic carbocycles. The maximum Gasteiger partial charge on any atom is 0.251 e. The fourth-order valence-corrected chi connectivity index (χ4v) is 2.56. The first kappa shape index (κ1) is 22.9. The monoisotopic (exact) mass is 482 g/mol. The van der Waals surface area contributed by atoms with E-state index < -0.39 is 0 Å². The number of aliphatic imine (C=N–C) groups is 1. The number of rotatable bonds is 7. The van der Waals surface area contributed by atoms with Crippen LogP contribution < -0.4 is 16.0 Å². The van der Waals surface area contributed by atoms with Crippen LogP contribution in [0.15, 0.2) is 59.6 Å². The lowest BCUT2D eigenvalue weighted by molar-refractivity contribution is 0.0963. The first-order valence-electron chi connectivity index (χ1n) is 8.59. The van der Waals surface area contributed by atoms with Crippen molar-refractivity contribution in [3.05, 3.63) is 71.3 Å². The highest BCUT2D eigenvalue weighted by Crippen LogP contribution is 2.13. The molecular formula is C20H27IN4O2. The van der Waals surface area contributed by atoms with E-state index in [0.29, 0.717) is 24.6 Å². The molecule has 0 saturated carbocycles. The summed E-state index contributed by atoms with van der Waals surface area (Å²) in [6.07, 6.45) is 0. The number of nitrogens with zero attached hydrogens (tertiary/aromatic N) is 1. The van der Waals surface area contributed by atoms with Gasteiger partial charge in [0.1, 0.15) is 0 Å². The largest absolute Gasteiger partial charge is 0.396 e. The molecule has 0 heterocycles. The molecule has 1 amide bonds. The number of carbonyl (C=O) groups is 1. The molecule has 2 aromatic rings. The summed E-state index contributed by atoms with van der Waals surface area (Å²) >= 11 is 0. The van der Waals surface area contributed by atoms with Crippen molar-refractivity contribution in [3.8, 4) is 0 Å². The molecule has 7 heteroatoms. The van der Waals surface area contributed by atoms with Gasteiger partial charge in [-0.2, -0.15) is 0 Å². The summed E-state index contributed by atoms with van der Waals surface area (Å²) in [5.41, 5.74) is 2.76. The second-order valence-electron chi connectivity index (χ2n) is 5.87. The van der Waals surface area contributed by atoms with E-state index in [0.717, 1.165) is 11.1 Å². The van der Waals surface area contributed by atoms with Crippen molar-refractivity contribution in [3.63, 3.8) is 0 Å². The Labute approximate surface area is 177 Å². The Morgan fingerprint density at radius 1 is 1.07 bits per heavy atom. The van der Waals surface area contributed by atoms with Crippen molar-refractivity contribution in [2.45, 2.75) is 12.5 Å². The Kier molecular flexibility index (Phi) is 10.4. The fourth-order valence-electron chi connectivity index (χ4n) is 2.56. The van der Waals surface area contributed by atoms with Crippen LogP contribution in [0, 0.1) is 0 Å². The van der Waals surface area contributed by atoms with Crippen molar-refractivity contribution in [1.29, 1.82) is 0 Å². The van der Waals surface area contributed by atoms with Crippen molar-refractivity contribution >= 4 is 35.8 Å². The fraction of sp³-hybridized carbons (Fsp3) is 0.300. The van der Waals surface area contributed by atoms with Crippen LogP contribution >= 0.6 is 24.0 Å². The minimum atomic E-state index is -0.0991. The molecule has 1 unspecified atom stereocenters. The van der Waals surface area contributed by atoms with Gasteiger partial charge in [0.05, 0.1) is 6.61 Å². The molecule has 0 bridgehead atoms. The third-order valence-electron chi connectivity index (χ3n) is 4.13. The van der Waals surface area contributed by atoms with Gasteiger partial charge in [-0.3, -0.25) is 9.79 Å². The van der Waals surface area contributed by atoms with Crippen molar-refractivity contribution < 1.29 is 9.90 Å². The Morgan fingerprint density at radius 3 is 2.30 bits per heavy atom. The van der Waals surface area contributed by atoms with Crippen LogP contribution in [0.5, 0.6) is 0 Å². The van der Waals surface area contributed by atoms with E-state index in [-0.39, 0.29) is 42.4 Å². The zero-order chi connectivity index (χ0) is 18.8.